The number of hydrogen-bond donors (Lipinski definition) is 0. The van der Waals surface area contributed by atoms with E-state index in [1.807, 2.05) is 6.07 Å². The van der Waals surface area contributed by atoms with Crippen molar-refractivity contribution in [2.45, 2.75) is 136 Å². The zero-order valence-electron chi connectivity index (χ0n) is 80.2. The molecule has 21 rings (SSSR count). The van der Waals surface area contributed by atoms with Gasteiger partial charge in [-0.05, 0) is 188 Å². The zero-order chi connectivity index (χ0) is 90.8. The molecule has 0 saturated carbocycles. The molecule has 0 N–H and O–H groups in total. The van der Waals surface area contributed by atoms with Crippen molar-refractivity contribution in [2.24, 2.45) is 0 Å². The van der Waals surface area contributed by atoms with Gasteiger partial charge in [-0.25, -0.2) is 0 Å². The Morgan fingerprint density at radius 1 is 0.279 bits per heavy atom. The molecule has 4 heterocycles. The molecule has 0 spiro atoms. The van der Waals surface area contributed by atoms with Crippen LogP contribution in [0.15, 0.2) is 352 Å². The first-order valence-corrected chi connectivity index (χ1v) is 43.1. The number of fused-ring (bicyclic) bond motifs is 14. The Bertz CT molecular complexity index is 7480. The van der Waals surface area contributed by atoms with Gasteiger partial charge in [-0.1, -0.05) is 395 Å². The first-order chi connectivity index (χ1) is 62.0. The Balaban J connectivity index is 0.938. The Morgan fingerprint density at radius 2 is 0.648 bits per heavy atom. The van der Waals surface area contributed by atoms with Crippen LogP contribution in [0.5, 0.6) is 0 Å². The van der Waals surface area contributed by atoms with Crippen molar-refractivity contribution in [2.75, 3.05) is 9.80 Å². The molecular formula is C117H103BN4. The molecule has 0 unspecified atom stereocenters. The van der Waals surface area contributed by atoms with Crippen LogP contribution in [0.2, 0.25) is 0 Å². The van der Waals surface area contributed by atoms with Crippen molar-refractivity contribution < 1.29 is 11.0 Å². The van der Waals surface area contributed by atoms with Crippen molar-refractivity contribution in [1.29, 1.82) is 0 Å². The van der Waals surface area contributed by atoms with Gasteiger partial charge in [0.05, 0.1) is 49.8 Å². The van der Waals surface area contributed by atoms with E-state index in [0.717, 1.165) is 123 Å². The summed E-state index contributed by atoms with van der Waals surface area (Å²) in [5.74, 6) is 0. The first-order valence-electron chi connectivity index (χ1n) is 47.1. The third-order valence-corrected chi connectivity index (χ3v) is 26.5. The Hall–Kier alpha value is -13.2. The molecule has 2 aromatic heterocycles. The van der Waals surface area contributed by atoms with Gasteiger partial charge in [0.2, 0.25) is 0 Å². The normalized spacial score (nSPS) is 14.6. The van der Waals surface area contributed by atoms with Crippen molar-refractivity contribution in [3.8, 4) is 67.0 Å². The third kappa shape index (κ3) is 12.0. The molecule has 122 heavy (non-hydrogen) atoms. The van der Waals surface area contributed by atoms with E-state index in [4.69, 9.17) is 0 Å². The van der Waals surface area contributed by atoms with Gasteiger partial charge in [0.25, 0.3) is 6.71 Å². The van der Waals surface area contributed by atoms with Crippen LogP contribution in [-0.2, 0) is 32.5 Å². The Labute approximate surface area is 731 Å². The van der Waals surface area contributed by atoms with Gasteiger partial charge in [0, 0.05) is 77.9 Å². The fourth-order valence-corrected chi connectivity index (χ4v) is 20.2. The average Bonchev–Trinajstić information content (AvgIpc) is 1.33. The molecule has 0 radical (unpaired) electrons. The lowest BCUT2D eigenvalue weighted by Gasteiger charge is -2.46. The van der Waals surface area contributed by atoms with Gasteiger partial charge in [-0.3, -0.25) is 0 Å². The minimum absolute atomic E-state index is 0.00825. The summed E-state index contributed by atoms with van der Waals surface area (Å²) in [7, 11) is 0. The molecule has 3 aliphatic rings. The van der Waals surface area contributed by atoms with Crippen LogP contribution in [0.1, 0.15) is 165 Å². The summed E-state index contributed by atoms with van der Waals surface area (Å²) in [5, 5.41) is 2.31. The van der Waals surface area contributed by atoms with Crippen molar-refractivity contribution in [1.82, 2.24) is 9.13 Å². The third-order valence-electron chi connectivity index (χ3n) is 26.5. The molecular weight excluding hydrogens is 1470 g/mol. The minimum Gasteiger partial charge on any atom is -0.310 e. The Morgan fingerprint density at radius 3 is 1.07 bits per heavy atom. The molecule has 0 bridgehead atoms. The summed E-state index contributed by atoms with van der Waals surface area (Å²) in [6, 6.07) is 110. The molecule has 594 valence electrons. The molecule has 18 aromatic rings. The van der Waals surface area contributed by atoms with E-state index in [2.05, 4.69) is 415 Å². The summed E-state index contributed by atoms with van der Waals surface area (Å²) in [4.78, 5) is 5.13. The van der Waals surface area contributed by atoms with Gasteiger partial charge < -0.3 is 18.9 Å². The van der Waals surface area contributed by atoms with Crippen molar-refractivity contribution >= 4 is 101 Å². The lowest BCUT2D eigenvalue weighted by Crippen LogP contribution is -2.61. The van der Waals surface area contributed by atoms with Crippen LogP contribution in [0.25, 0.3) is 111 Å². The Kier molecular flexibility index (Phi) is 15.5. The molecule has 2 aliphatic heterocycles. The fraction of sp³-hybridized carbons (Fsp3) is 0.179. The van der Waals surface area contributed by atoms with Crippen LogP contribution in [-0.4, -0.2) is 15.8 Å². The van der Waals surface area contributed by atoms with Crippen molar-refractivity contribution in [3.05, 3.63) is 402 Å². The lowest BCUT2D eigenvalue weighted by molar-refractivity contribution is 0.590. The molecule has 1 aliphatic carbocycles. The van der Waals surface area contributed by atoms with Crippen LogP contribution < -0.4 is 26.2 Å². The monoisotopic (exact) mass is 1580 g/mol. The second-order valence-corrected chi connectivity index (χ2v) is 39.0. The van der Waals surface area contributed by atoms with Gasteiger partial charge in [0.1, 0.15) is 0 Å². The predicted octanol–water partition coefficient (Wildman–Crippen LogP) is 29.5. The molecule has 0 saturated heterocycles. The highest BCUT2D eigenvalue weighted by atomic mass is 15.2. The minimum atomic E-state index is -0.731. The maximum Gasteiger partial charge on any atom is 0.252 e. The van der Waals surface area contributed by atoms with Gasteiger partial charge >= 0.3 is 0 Å². The van der Waals surface area contributed by atoms with Crippen molar-refractivity contribution in [3.63, 3.8) is 0 Å². The number of hydrogen-bond acceptors (Lipinski definition) is 2. The van der Waals surface area contributed by atoms with Gasteiger partial charge in [0.15, 0.2) is 0 Å². The second-order valence-electron chi connectivity index (χ2n) is 39.0. The number of para-hydroxylation sites is 5. The molecule has 0 fully saturated rings. The molecule has 5 heteroatoms. The first kappa shape index (κ1) is 67.5. The van der Waals surface area contributed by atoms with Gasteiger partial charge in [-0.15, -0.1) is 0 Å². The summed E-state index contributed by atoms with van der Waals surface area (Å²) in [6.07, 6.45) is 0. The highest BCUT2D eigenvalue weighted by Crippen LogP contribution is 2.61. The average molecular weight is 1580 g/mol. The number of rotatable bonds is 10. The molecule has 0 amide bonds. The largest absolute Gasteiger partial charge is 0.310 e. The maximum atomic E-state index is 10.0. The summed E-state index contributed by atoms with van der Waals surface area (Å²) < 4.78 is 81.1. The predicted molar refractivity (Wildman–Crippen MR) is 522 cm³/mol. The van der Waals surface area contributed by atoms with E-state index in [1.54, 1.807) is 4.57 Å². The summed E-state index contributed by atoms with van der Waals surface area (Å²) >= 11 is 0. The van der Waals surface area contributed by atoms with E-state index in [-0.39, 0.29) is 55.6 Å². The van der Waals surface area contributed by atoms with E-state index in [1.165, 1.54) is 61.0 Å². The smallest absolute Gasteiger partial charge is 0.252 e. The van der Waals surface area contributed by atoms with E-state index in [9.17, 15) is 11.0 Å². The molecule has 16 aromatic carbocycles. The van der Waals surface area contributed by atoms with Crippen LogP contribution >= 0.6 is 0 Å². The SMILES string of the molecule is [2H]c1c([2H])c([2H])c2c(c1[2H])c1c([2H])c([2H])c([2H])c([2H])c1n2-c1ccc2c(c1)N(c1c(-c3ccc(C(C)(C)C)cc3)cccc1-c1ccc(C(C)(C)C)cc1)c1cc(C(C)(C)C)cc3c1B2c1ccc(-n2c4ccccc4c4c5c(ccc42)-c2ccccc2C5(c2ccccc2)c2ccccc2)cc1N3c1c(-c2ccc(C(C)(C)C)cc2)cccc1-c1ccc(C(C)(C)C)cc1. The van der Waals surface area contributed by atoms with Crippen LogP contribution in [0, 0.1) is 0 Å². The summed E-state index contributed by atoms with van der Waals surface area (Å²) in [5.41, 5.74) is 31.4. The van der Waals surface area contributed by atoms with E-state index in [0.29, 0.717) is 5.69 Å². The summed E-state index contributed by atoms with van der Waals surface area (Å²) in [6.45, 7) is 33.5. The molecule has 0 atom stereocenters. The highest BCUT2D eigenvalue weighted by Gasteiger charge is 2.50. The lowest BCUT2D eigenvalue weighted by atomic mass is 9.33. The zero-order valence-corrected chi connectivity index (χ0v) is 72.2. The quantitative estimate of drug-likeness (QED) is 0.127. The van der Waals surface area contributed by atoms with E-state index >= 15 is 0 Å². The fourth-order valence-electron chi connectivity index (χ4n) is 20.2. The van der Waals surface area contributed by atoms with E-state index < -0.39 is 53.8 Å². The standard InChI is InChI=1S/C117H103BN4/c1-112(2,3)78-56-48-74(49-57-78)87-40-30-41-88(75-50-58-79(59-51-75)113(4,5)6)110(87)121-103-72-85(119-99-45-27-23-37-92(99)93-38-24-28-46-100(93)119)64-67-97(103)118-98-68-65-86(120-101-47-29-25-39-95(101)107-102(120)69-66-94-91-36-22-26-44-96(91)117(108(94)107,82-32-18-16-19-33-82)83-34-20-17-21-35-83)73-104(98)122(106-71-84(116(13,14)15)70-105(121)109(106)118)111-89(76-52-60-80(61-53-76)114(7,8)9)42-31-43-90(111)77-54-62-81(63-55-77)115(10,11)12/h16-73H,1-15H3/i23D,24D,27D,28D,37D,38D,45D,46D. The number of anilines is 6. The maximum absolute atomic E-state index is 10.0. The molecule has 4 nitrogen and oxygen atoms in total. The number of benzene rings is 16. The number of nitrogens with zero attached hydrogens (tertiary/aromatic N) is 4. The van der Waals surface area contributed by atoms with Crippen LogP contribution in [0.3, 0.4) is 0 Å². The second kappa shape index (κ2) is 27.9. The highest BCUT2D eigenvalue weighted by molar-refractivity contribution is 7.00. The van der Waals surface area contributed by atoms with Crippen LogP contribution in [0.4, 0.5) is 34.1 Å². The number of aromatic nitrogens is 2. The van der Waals surface area contributed by atoms with Gasteiger partial charge in [-0.2, -0.15) is 0 Å². The topological polar surface area (TPSA) is 16.3 Å².